The maximum absolute atomic E-state index is 11.8. The van der Waals surface area contributed by atoms with Crippen molar-refractivity contribution in [3.05, 3.63) is 0 Å². The van der Waals surface area contributed by atoms with Crippen molar-refractivity contribution in [1.29, 1.82) is 0 Å². The fourth-order valence-corrected chi connectivity index (χ4v) is 1.39. The van der Waals surface area contributed by atoms with E-state index < -0.39 is 5.41 Å². The SMILES string of the molecule is CCCC#CC(CC)(CC)C(=O)OCC. The van der Waals surface area contributed by atoms with Crippen LogP contribution in [-0.4, -0.2) is 12.6 Å². The van der Waals surface area contributed by atoms with E-state index in [1.54, 1.807) is 0 Å². The molecule has 0 aromatic heterocycles. The van der Waals surface area contributed by atoms with Crippen LogP contribution in [0.15, 0.2) is 0 Å². The summed E-state index contributed by atoms with van der Waals surface area (Å²) in [5.41, 5.74) is -0.578. The third-order valence-corrected chi connectivity index (χ3v) is 2.58. The monoisotopic (exact) mass is 210 g/mol. The van der Waals surface area contributed by atoms with Gasteiger partial charge in [0.05, 0.1) is 6.61 Å². The van der Waals surface area contributed by atoms with Gasteiger partial charge in [-0.1, -0.05) is 26.7 Å². The third-order valence-electron chi connectivity index (χ3n) is 2.58. The average Bonchev–Trinajstić information content (AvgIpc) is 2.25. The molecule has 2 heteroatoms. The van der Waals surface area contributed by atoms with Gasteiger partial charge in [-0.15, -0.1) is 5.92 Å². The van der Waals surface area contributed by atoms with Crippen LogP contribution in [0.2, 0.25) is 0 Å². The second-order valence-corrected chi connectivity index (χ2v) is 3.56. The van der Waals surface area contributed by atoms with Crippen LogP contribution in [0.5, 0.6) is 0 Å². The van der Waals surface area contributed by atoms with Gasteiger partial charge in [-0.2, -0.15) is 0 Å². The van der Waals surface area contributed by atoms with E-state index in [2.05, 4.69) is 18.8 Å². The Morgan fingerprint density at radius 2 is 1.80 bits per heavy atom. The maximum atomic E-state index is 11.8. The van der Waals surface area contributed by atoms with Gasteiger partial charge in [-0.05, 0) is 26.2 Å². The van der Waals surface area contributed by atoms with Gasteiger partial charge in [0, 0.05) is 6.42 Å². The number of rotatable bonds is 5. The van der Waals surface area contributed by atoms with Crippen LogP contribution >= 0.6 is 0 Å². The summed E-state index contributed by atoms with van der Waals surface area (Å²) in [5.74, 6) is 5.99. The van der Waals surface area contributed by atoms with Gasteiger partial charge >= 0.3 is 5.97 Å². The summed E-state index contributed by atoms with van der Waals surface area (Å²) in [6, 6.07) is 0. The summed E-state index contributed by atoms with van der Waals surface area (Å²) >= 11 is 0. The summed E-state index contributed by atoms with van der Waals surface area (Å²) in [5, 5.41) is 0. The number of hydrogen-bond acceptors (Lipinski definition) is 2. The molecule has 0 N–H and O–H groups in total. The van der Waals surface area contributed by atoms with Crippen LogP contribution in [0.1, 0.15) is 53.4 Å². The molecule has 0 saturated carbocycles. The normalized spacial score (nSPS) is 10.4. The molecule has 0 rings (SSSR count). The fraction of sp³-hybridized carbons (Fsp3) is 0.769. The second kappa shape index (κ2) is 7.34. The van der Waals surface area contributed by atoms with E-state index in [0.717, 1.165) is 25.7 Å². The zero-order valence-corrected chi connectivity index (χ0v) is 10.4. The Hall–Kier alpha value is -0.970. The molecule has 0 fully saturated rings. The molecule has 0 spiro atoms. The van der Waals surface area contributed by atoms with E-state index in [0.29, 0.717) is 6.61 Å². The molecule has 0 aliphatic rings. The standard InChI is InChI=1S/C13H22O2/c1-5-9-10-11-13(6-2,7-3)12(14)15-8-4/h5-9H2,1-4H3. The molecule has 0 amide bonds. The van der Waals surface area contributed by atoms with Gasteiger partial charge in [-0.25, -0.2) is 0 Å². The molecule has 0 aromatic rings. The lowest BCUT2D eigenvalue weighted by molar-refractivity contribution is -0.152. The molecule has 0 aliphatic carbocycles. The van der Waals surface area contributed by atoms with Gasteiger partial charge in [0.15, 0.2) is 0 Å². The molecule has 0 atom stereocenters. The molecular weight excluding hydrogens is 188 g/mol. The molecule has 2 nitrogen and oxygen atoms in total. The number of unbranched alkanes of at least 4 members (excludes halogenated alkanes) is 1. The summed E-state index contributed by atoms with van der Waals surface area (Å²) in [6.45, 7) is 8.31. The average molecular weight is 210 g/mol. The Kier molecular flexibility index (Phi) is 6.86. The van der Waals surface area contributed by atoms with Crippen LogP contribution < -0.4 is 0 Å². The summed E-state index contributed by atoms with van der Waals surface area (Å²) in [6.07, 6.45) is 3.32. The van der Waals surface area contributed by atoms with Gasteiger partial charge in [0.25, 0.3) is 0 Å². The van der Waals surface area contributed by atoms with Crippen LogP contribution in [0.3, 0.4) is 0 Å². The first kappa shape index (κ1) is 14.0. The topological polar surface area (TPSA) is 26.3 Å². The minimum absolute atomic E-state index is 0.168. The van der Waals surface area contributed by atoms with Gasteiger partial charge < -0.3 is 4.74 Å². The predicted molar refractivity (Wildman–Crippen MR) is 62.3 cm³/mol. The van der Waals surface area contributed by atoms with Crippen molar-refractivity contribution in [2.24, 2.45) is 5.41 Å². The first-order valence-electron chi connectivity index (χ1n) is 5.84. The Morgan fingerprint density at radius 3 is 2.20 bits per heavy atom. The summed E-state index contributed by atoms with van der Waals surface area (Å²) in [4.78, 5) is 11.8. The first-order valence-corrected chi connectivity index (χ1v) is 5.84. The predicted octanol–water partition coefficient (Wildman–Crippen LogP) is 3.16. The number of carbonyl (C=O) groups excluding carboxylic acids is 1. The van der Waals surface area contributed by atoms with E-state index >= 15 is 0 Å². The molecule has 0 aliphatic heterocycles. The number of ether oxygens (including phenoxy) is 1. The van der Waals surface area contributed by atoms with Crippen LogP contribution in [0.4, 0.5) is 0 Å². The highest BCUT2D eigenvalue weighted by Crippen LogP contribution is 2.27. The molecule has 0 heterocycles. The van der Waals surface area contributed by atoms with E-state index in [1.165, 1.54) is 0 Å². The fourth-order valence-electron chi connectivity index (χ4n) is 1.39. The van der Waals surface area contributed by atoms with Crippen molar-refractivity contribution in [3.8, 4) is 11.8 Å². The molecule has 0 saturated heterocycles. The molecule has 0 bridgehead atoms. The number of carbonyl (C=O) groups is 1. The molecule has 0 aromatic carbocycles. The molecule has 0 radical (unpaired) electrons. The molecule has 86 valence electrons. The van der Waals surface area contributed by atoms with Crippen molar-refractivity contribution < 1.29 is 9.53 Å². The zero-order valence-electron chi connectivity index (χ0n) is 10.4. The van der Waals surface area contributed by atoms with Crippen molar-refractivity contribution >= 4 is 5.97 Å². The third kappa shape index (κ3) is 3.95. The highest BCUT2D eigenvalue weighted by atomic mass is 16.5. The number of hydrogen-bond donors (Lipinski definition) is 0. The first-order chi connectivity index (χ1) is 7.16. The minimum atomic E-state index is -0.578. The number of esters is 1. The smallest absolute Gasteiger partial charge is 0.324 e. The van der Waals surface area contributed by atoms with E-state index in [1.807, 2.05) is 20.8 Å². The molecule has 0 unspecified atom stereocenters. The second-order valence-electron chi connectivity index (χ2n) is 3.56. The zero-order chi connectivity index (χ0) is 11.7. The quantitative estimate of drug-likeness (QED) is 0.514. The van der Waals surface area contributed by atoms with E-state index in [4.69, 9.17) is 4.74 Å². The van der Waals surface area contributed by atoms with E-state index in [-0.39, 0.29) is 5.97 Å². The highest BCUT2D eigenvalue weighted by Gasteiger charge is 2.34. The van der Waals surface area contributed by atoms with Crippen molar-refractivity contribution in [2.75, 3.05) is 6.61 Å². The van der Waals surface area contributed by atoms with Crippen LogP contribution in [0, 0.1) is 17.3 Å². The largest absolute Gasteiger partial charge is 0.465 e. The van der Waals surface area contributed by atoms with Crippen LogP contribution in [-0.2, 0) is 9.53 Å². The molecule has 15 heavy (non-hydrogen) atoms. The Labute approximate surface area is 93.4 Å². The highest BCUT2D eigenvalue weighted by molar-refractivity contribution is 5.80. The Bertz CT molecular complexity index is 241. The maximum Gasteiger partial charge on any atom is 0.324 e. The van der Waals surface area contributed by atoms with Gasteiger partial charge in [-0.3, -0.25) is 4.79 Å². The summed E-state index contributed by atoms with van der Waals surface area (Å²) < 4.78 is 5.08. The lowest BCUT2D eigenvalue weighted by atomic mass is 9.83. The minimum Gasteiger partial charge on any atom is -0.465 e. The summed E-state index contributed by atoms with van der Waals surface area (Å²) in [7, 11) is 0. The van der Waals surface area contributed by atoms with E-state index in [9.17, 15) is 4.79 Å². The van der Waals surface area contributed by atoms with Crippen LogP contribution in [0.25, 0.3) is 0 Å². The Morgan fingerprint density at radius 1 is 1.20 bits per heavy atom. The Balaban J connectivity index is 4.73. The lowest BCUT2D eigenvalue weighted by Crippen LogP contribution is -2.30. The lowest BCUT2D eigenvalue weighted by Gasteiger charge is -2.22. The van der Waals surface area contributed by atoms with Crippen molar-refractivity contribution in [3.63, 3.8) is 0 Å². The van der Waals surface area contributed by atoms with Crippen molar-refractivity contribution in [1.82, 2.24) is 0 Å². The van der Waals surface area contributed by atoms with Crippen molar-refractivity contribution in [2.45, 2.75) is 53.4 Å². The molecular formula is C13H22O2. The van der Waals surface area contributed by atoms with Gasteiger partial charge in [0.2, 0.25) is 0 Å². The van der Waals surface area contributed by atoms with Gasteiger partial charge in [0.1, 0.15) is 5.41 Å².